The van der Waals surface area contributed by atoms with Crippen molar-refractivity contribution in [2.24, 2.45) is 0 Å². The first kappa shape index (κ1) is 13.2. The highest BCUT2D eigenvalue weighted by molar-refractivity contribution is 5.94. The van der Waals surface area contributed by atoms with E-state index in [-0.39, 0.29) is 31.4 Å². The summed E-state index contributed by atoms with van der Waals surface area (Å²) in [5.41, 5.74) is 0.792. The highest BCUT2D eigenvalue weighted by Gasteiger charge is 2.05. The van der Waals surface area contributed by atoms with Gasteiger partial charge >= 0.3 is 0 Å². The third kappa shape index (κ3) is 5.12. The Kier molecular flexibility index (Phi) is 5.16. The lowest BCUT2D eigenvalue weighted by atomic mass is 10.1. The van der Waals surface area contributed by atoms with Crippen molar-refractivity contribution >= 4 is 11.8 Å². The Morgan fingerprint density at radius 3 is 2.47 bits per heavy atom. The molecule has 0 fully saturated rings. The Labute approximate surface area is 99.4 Å². The van der Waals surface area contributed by atoms with Crippen molar-refractivity contribution in [1.82, 2.24) is 5.32 Å². The summed E-state index contributed by atoms with van der Waals surface area (Å²) < 4.78 is 5.18. The summed E-state index contributed by atoms with van der Waals surface area (Å²) in [6.45, 7) is 1.50. The van der Waals surface area contributed by atoms with Crippen LogP contribution in [0.5, 0.6) is 5.75 Å². The fraction of sp³-hybridized carbons (Fsp3) is 0.333. The van der Waals surface area contributed by atoms with Crippen molar-refractivity contribution in [3.8, 4) is 5.75 Å². The third-order valence-corrected chi connectivity index (χ3v) is 1.96. The van der Waals surface area contributed by atoms with Crippen molar-refractivity contribution in [3.05, 3.63) is 29.8 Å². The Morgan fingerprint density at radius 2 is 1.94 bits per heavy atom. The molecule has 5 nitrogen and oxygen atoms in total. The molecule has 0 heterocycles. The lowest BCUT2D eigenvalue weighted by Gasteiger charge is -2.05. The minimum absolute atomic E-state index is 0.0389. The van der Waals surface area contributed by atoms with Crippen LogP contribution in [0.3, 0.4) is 0 Å². The van der Waals surface area contributed by atoms with Crippen LogP contribution in [0.25, 0.3) is 0 Å². The van der Waals surface area contributed by atoms with E-state index < -0.39 is 0 Å². The summed E-state index contributed by atoms with van der Waals surface area (Å²) in [4.78, 5) is 21.9. The van der Waals surface area contributed by atoms with Gasteiger partial charge in [-0.15, -0.1) is 0 Å². The SMILES string of the molecule is CC(=O)NC(=O)Cc1ccc(OCCO)cc1. The number of hydrogen-bond donors (Lipinski definition) is 2. The fourth-order valence-electron chi connectivity index (χ4n) is 1.29. The molecule has 92 valence electrons. The zero-order chi connectivity index (χ0) is 12.7. The van der Waals surface area contributed by atoms with Gasteiger partial charge in [0, 0.05) is 6.92 Å². The smallest absolute Gasteiger partial charge is 0.230 e. The van der Waals surface area contributed by atoms with Crippen molar-refractivity contribution in [2.75, 3.05) is 13.2 Å². The van der Waals surface area contributed by atoms with E-state index in [0.29, 0.717) is 5.75 Å². The number of ether oxygens (including phenoxy) is 1. The molecule has 5 heteroatoms. The molecular weight excluding hydrogens is 222 g/mol. The van der Waals surface area contributed by atoms with Crippen LogP contribution in [0.4, 0.5) is 0 Å². The number of aliphatic hydroxyl groups is 1. The summed E-state index contributed by atoms with van der Waals surface area (Å²) >= 11 is 0. The molecule has 0 bridgehead atoms. The van der Waals surface area contributed by atoms with E-state index in [1.54, 1.807) is 24.3 Å². The second-order valence-electron chi connectivity index (χ2n) is 3.50. The molecule has 2 amide bonds. The maximum absolute atomic E-state index is 11.3. The molecule has 0 unspecified atom stereocenters. The van der Waals surface area contributed by atoms with E-state index in [1.165, 1.54) is 6.92 Å². The van der Waals surface area contributed by atoms with Gasteiger partial charge in [0.05, 0.1) is 13.0 Å². The number of aliphatic hydroxyl groups excluding tert-OH is 1. The number of carbonyl (C=O) groups excluding carboxylic acids is 2. The second kappa shape index (κ2) is 6.65. The molecule has 0 aliphatic carbocycles. The second-order valence-corrected chi connectivity index (χ2v) is 3.50. The number of nitrogens with one attached hydrogen (secondary N) is 1. The van der Waals surface area contributed by atoms with Crippen LogP contribution < -0.4 is 10.1 Å². The van der Waals surface area contributed by atoms with Crippen LogP contribution >= 0.6 is 0 Å². The maximum atomic E-state index is 11.3. The van der Waals surface area contributed by atoms with Crippen molar-refractivity contribution in [3.63, 3.8) is 0 Å². The molecule has 1 aromatic carbocycles. The molecule has 0 saturated heterocycles. The highest BCUT2D eigenvalue weighted by Crippen LogP contribution is 2.12. The van der Waals surface area contributed by atoms with Gasteiger partial charge in [0.15, 0.2) is 0 Å². The predicted octanol–water partition coefficient (Wildman–Crippen LogP) is 0.263. The van der Waals surface area contributed by atoms with Crippen LogP contribution in [0, 0.1) is 0 Å². The van der Waals surface area contributed by atoms with Gasteiger partial charge in [-0.05, 0) is 17.7 Å². The number of hydrogen-bond acceptors (Lipinski definition) is 4. The van der Waals surface area contributed by atoms with E-state index in [1.807, 2.05) is 0 Å². The van der Waals surface area contributed by atoms with E-state index in [0.717, 1.165) is 5.56 Å². The molecule has 1 rings (SSSR count). The van der Waals surface area contributed by atoms with Crippen LogP contribution in [0.2, 0.25) is 0 Å². The van der Waals surface area contributed by atoms with Crippen LogP contribution in [0.1, 0.15) is 12.5 Å². The quantitative estimate of drug-likeness (QED) is 0.770. The summed E-state index contributed by atoms with van der Waals surface area (Å²) in [6, 6.07) is 6.91. The summed E-state index contributed by atoms with van der Waals surface area (Å²) in [5.74, 6) is -0.0609. The van der Waals surface area contributed by atoms with Crippen molar-refractivity contribution < 1.29 is 19.4 Å². The average Bonchev–Trinajstić information content (AvgIpc) is 2.27. The largest absolute Gasteiger partial charge is 0.491 e. The van der Waals surface area contributed by atoms with Gasteiger partial charge in [-0.3, -0.25) is 14.9 Å². The topological polar surface area (TPSA) is 75.6 Å². The van der Waals surface area contributed by atoms with Crippen LogP contribution in [-0.4, -0.2) is 30.1 Å². The molecule has 0 radical (unpaired) electrons. The zero-order valence-corrected chi connectivity index (χ0v) is 9.60. The molecule has 17 heavy (non-hydrogen) atoms. The zero-order valence-electron chi connectivity index (χ0n) is 9.60. The number of rotatable bonds is 5. The van der Waals surface area contributed by atoms with Crippen LogP contribution in [0.15, 0.2) is 24.3 Å². The Hall–Kier alpha value is -1.88. The van der Waals surface area contributed by atoms with Gasteiger partial charge in [-0.25, -0.2) is 0 Å². The maximum Gasteiger partial charge on any atom is 0.230 e. The normalized spacial score (nSPS) is 9.76. The monoisotopic (exact) mass is 237 g/mol. The molecule has 0 aliphatic heterocycles. The first-order chi connectivity index (χ1) is 8.11. The van der Waals surface area contributed by atoms with Gasteiger partial charge in [-0.1, -0.05) is 12.1 Å². The summed E-state index contributed by atoms with van der Waals surface area (Å²) in [6.07, 6.45) is 0.153. The van der Waals surface area contributed by atoms with Gasteiger partial charge < -0.3 is 9.84 Å². The molecular formula is C12H15NO4. The predicted molar refractivity (Wildman–Crippen MR) is 61.6 cm³/mol. The molecule has 1 aromatic rings. The number of imide groups is 1. The molecule has 0 aromatic heterocycles. The minimum Gasteiger partial charge on any atom is -0.491 e. The molecule has 0 atom stereocenters. The number of benzene rings is 1. The lowest BCUT2D eigenvalue weighted by molar-refractivity contribution is -0.128. The fourth-order valence-corrected chi connectivity index (χ4v) is 1.29. The first-order valence-electron chi connectivity index (χ1n) is 5.25. The standard InChI is InChI=1S/C12H15NO4/c1-9(15)13-12(16)8-10-2-4-11(5-3-10)17-7-6-14/h2-5,14H,6-8H2,1H3,(H,13,15,16). The van der Waals surface area contributed by atoms with E-state index in [4.69, 9.17) is 9.84 Å². The van der Waals surface area contributed by atoms with Crippen molar-refractivity contribution in [1.29, 1.82) is 0 Å². The average molecular weight is 237 g/mol. The molecule has 0 saturated carbocycles. The number of carbonyl (C=O) groups is 2. The van der Waals surface area contributed by atoms with Gasteiger partial charge in [0.1, 0.15) is 12.4 Å². The first-order valence-corrected chi connectivity index (χ1v) is 5.25. The van der Waals surface area contributed by atoms with E-state index in [9.17, 15) is 9.59 Å². The Balaban J connectivity index is 2.50. The van der Waals surface area contributed by atoms with Gasteiger partial charge in [0.2, 0.25) is 11.8 Å². The molecule has 0 spiro atoms. The number of amides is 2. The molecule has 0 aliphatic rings. The van der Waals surface area contributed by atoms with Crippen LogP contribution in [-0.2, 0) is 16.0 Å². The minimum atomic E-state index is -0.363. The van der Waals surface area contributed by atoms with Gasteiger partial charge in [0.25, 0.3) is 0 Å². The van der Waals surface area contributed by atoms with Gasteiger partial charge in [-0.2, -0.15) is 0 Å². The Bertz CT molecular complexity index is 386. The third-order valence-electron chi connectivity index (χ3n) is 1.96. The lowest BCUT2D eigenvalue weighted by Crippen LogP contribution is -2.29. The summed E-state index contributed by atoms with van der Waals surface area (Å²) in [5, 5.41) is 10.8. The van der Waals surface area contributed by atoms with Crippen molar-refractivity contribution in [2.45, 2.75) is 13.3 Å². The molecule has 2 N–H and O–H groups in total. The van der Waals surface area contributed by atoms with E-state index >= 15 is 0 Å². The van der Waals surface area contributed by atoms with E-state index in [2.05, 4.69) is 5.32 Å². The summed E-state index contributed by atoms with van der Waals surface area (Å²) in [7, 11) is 0. The highest BCUT2D eigenvalue weighted by atomic mass is 16.5. The Morgan fingerprint density at radius 1 is 1.29 bits per heavy atom.